The Hall–Kier alpha value is -0.640. The number of nitrogens with one attached hydrogen (secondary N) is 2. The van der Waals surface area contributed by atoms with E-state index < -0.39 is 15.7 Å². The minimum Gasteiger partial charge on any atom is -0.205 e. The molecule has 0 spiro atoms. The standard InChI is InChI=1S/C6H13N3O2S/c1-4-6(2,5-7)9-12(10,11)8-3/h8-9H,4H2,1-3H3. The van der Waals surface area contributed by atoms with Gasteiger partial charge in [0.1, 0.15) is 5.54 Å². The Labute approximate surface area is 73.0 Å². The summed E-state index contributed by atoms with van der Waals surface area (Å²) >= 11 is 0. The maximum Gasteiger partial charge on any atom is 0.278 e. The van der Waals surface area contributed by atoms with Crippen molar-refractivity contribution in [2.45, 2.75) is 25.8 Å². The van der Waals surface area contributed by atoms with Gasteiger partial charge in [0.25, 0.3) is 10.2 Å². The summed E-state index contributed by atoms with van der Waals surface area (Å²) in [5, 5.41) is 8.64. The van der Waals surface area contributed by atoms with E-state index in [2.05, 4.69) is 9.44 Å². The average Bonchev–Trinajstić information content (AvgIpc) is 2.04. The molecule has 0 aromatic rings. The molecule has 0 aliphatic heterocycles. The predicted octanol–water partition coefficient (Wildman–Crippen LogP) is -0.268. The second-order valence-electron chi connectivity index (χ2n) is 2.61. The highest BCUT2D eigenvalue weighted by atomic mass is 32.2. The van der Waals surface area contributed by atoms with Crippen molar-refractivity contribution in [2.24, 2.45) is 0 Å². The topological polar surface area (TPSA) is 82.0 Å². The minimum absolute atomic E-state index is 0.421. The summed E-state index contributed by atoms with van der Waals surface area (Å²) < 4.78 is 26.2. The summed E-state index contributed by atoms with van der Waals surface area (Å²) in [4.78, 5) is 0. The van der Waals surface area contributed by atoms with Gasteiger partial charge in [0.05, 0.1) is 6.07 Å². The summed E-state index contributed by atoms with van der Waals surface area (Å²) in [6.07, 6.45) is 0.421. The van der Waals surface area contributed by atoms with Gasteiger partial charge in [-0.1, -0.05) is 6.92 Å². The second-order valence-corrected chi connectivity index (χ2v) is 4.23. The van der Waals surface area contributed by atoms with Crippen molar-refractivity contribution in [1.29, 1.82) is 5.26 Å². The number of hydrogen-bond donors (Lipinski definition) is 2. The van der Waals surface area contributed by atoms with Crippen molar-refractivity contribution in [2.75, 3.05) is 7.05 Å². The fourth-order valence-electron chi connectivity index (χ4n) is 0.522. The van der Waals surface area contributed by atoms with Crippen LogP contribution in [0, 0.1) is 11.3 Å². The summed E-state index contributed by atoms with van der Waals surface area (Å²) in [5.41, 5.74) is -1.03. The quantitative estimate of drug-likeness (QED) is 0.642. The van der Waals surface area contributed by atoms with E-state index in [1.54, 1.807) is 6.92 Å². The van der Waals surface area contributed by atoms with Gasteiger partial charge < -0.3 is 0 Å². The van der Waals surface area contributed by atoms with Crippen molar-refractivity contribution in [3.05, 3.63) is 0 Å². The second kappa shape index (κ2) is 3.85. The average molecular weight is 191 g/mol. The highest BCUT2D eigenvalue weighted by Gasteiger charge is 2.26. The van der Waals surface area contributed by atoms with Crippen LogP contribution in [0.5, 0.6) is 0 Å². The van der Waals surface area contributed by atoms with Crippen molar-refractivity contribution < 1.29 is 8.42 Å². The van der Waals surface area contributed by atoms with Gasteiger partial charge in [0.15, 0.2) is 0 Å². The molecule has 0 fully saturated rings. The lowest BCUT2D eigenvalue weighted by Gasteiger charge is -2.20. The molecule has 0 aliphatic carbocycles. The Morgan fingerprint density at radius 3 is 2.33 bits per heavy atom. The maximum absolute atomic E-state index is 11.0. The van der Waals surface area contributed by atoms with Crippen LogP contribution in [-0.2, 0) is 10.2 Å². The first-order chi connectivity index (χ1) is 5.39. The smallest absolute Gasteiger partial charge is 0.205 e. The first-order valence-corrected chi connectivity index (χ1v) is 5.01. The Bertz CT molecular complexity index is 280. The molecule has 2 N–H and O–H groups in total. The first kappa shape index (κ1) is 11.4. The van der Waals surface area contributed by atoms with Gasteiger partial charge in [-0.15, -0.1) is 0 Å². The van der Waals surface area contributed by atoms with E-state index in [1.165, 1.54) is 14.0 Å². The molecule has 12 heavy (non-hydrogen) atoms. The Morgan fingerprint density at radius 1 is 1.58 bits per heavy atom. The summed E-state index contributed by atoms with van der Waals surface area (Å²) in [6.45, 7) is 3.27. The maximum atomic E-state index is 11.0. The fraction of sp³-hybridized carbons (Fsp3) is 0.833. The third kappa shape index (κ3) is 3.17. The molecule has 1 unspecified atom stereocenters. The molecular formula is C6H13N3O2S. The summed E-state index contributed by atoms with van der Waals surface area (Å²) in [5.74, 6) is 0. The molecule has 70 valence electrons. The molecule has 0 rings (SSSR count). The molecule has 0 aromatic carbocycles. The third-order valence-electron chi connectivity index (χ3n) is 1.58. The Balaban J connectivity index is 4.56. The van der Waals surface area contributed by atoms with E-state index in [9.17, 15) is 8.42 Å². The SMILES string of the molecule is CCC(C)(C#N)NS(=O)(=O)NC. The van der Waals surface area contributed by atoms with E-state index >= 15 is 0 Å². The first-order valence-electron chi connectivity index (χ1n) is 3.53. The van der Waals surface area contributed by atoms with Gasteiger partial charge in [-0.3, -0.25) is 0 Å². The number of rotatable bonds is 4. The molecular weight excluding hydrogens is 178 g/mol. The zero-order valence-corrected chi connectivity index (χ0v) is 8.20. The zero-order chi connectivity index (χ0) is 9.83. The summed E-state index contributed by atoms with van der Waals surface area (Å²) in [7, 11) is -2.24. The lowest BCUT2D eigenvalue weighted by molar-refractivity contribution is 0.490. The van der Waals surface area contributed by atoms with E-state index in [1.807, 2.05) is 6.07 Å². The van der Waals surface area contributed by atoms with Crippen LogP contribution in [0.1, 0.15) is 20.3 Å². The Kier molecular flexibility index (Phi) is 3.64. The van der Waals surface area contributed by atoms with Crippen molar-refractivity contribution in [3.63, 3.8) is 0 Å². The highest BCUT2D eigenvalue weighted by molar-refractivity contribution is 7.87. The molecule has 0 aromatic heterocycles. The highest BCUT2D eigenvalue weighted by Crippen LogP contribution is 2.07. The third-order valence-corrected chi connectivity index (χ3v) is 2.84. The van der Waals surface area contributed by atoms with Gasteiger partial charge in [0, 0.05) is 7.05 Å². The van der Waals surface area contributed by atoms with Crippen LogP contribution in [0.15, 0.2) is 0 Å². The Morgan fingerprint density at radius 2 is 2.08 bits per heavy atom. The molecule has 0 aliphatic rings. The van der Waals surface area contributed by atoms with Gasteiger partial charge >= 0.3 is 0 Å². The summed E-state index contributed by atoms with van der Waals surface area (Å²) in [6, 6.07) is 1.89. The van der Waals surface area contributed by atoms with E-state index in [4.69, 9.17) is 5.26 Å². The van der Waals surface area contributed by atoms with Crippen molar-refractivity contribution >= 4 is 10.2 Å². The fourth-order valence-corrected chi connectivity index (χ4v) is 1.41. The van der Waals surface area contributed by atoms with Crippen LogP contribution in [0.3, 0.4) is 0 Å². The van der Waals surface area contributed by atoms with E-state index in [-0.39, 0.29) is 0 Å². The largest absolute Gasteiger partial charge is 0.278 e. The van der Waals surface area contributed by atoms with Crippen LogP contribution in [-0.4, -0.2) is 21.0 Å². The van der Waals surface area contributed by atoms with E-state index in [0.29, 0.717) is 6.42 Å². The number of hydrogen-bond acceptors (Lipinski definition) is 3. The lowest BCUT2D eigenvalue weighted by Crippen LogP contribution is -2.48. The van der Waals surface area contributed by atoms with Crippen LogP contribution in [0.4, 0.5) is 0 Å². The molecule has 1 atom stereocenters. The molecule has 0 radical (unpaired) electrons. The molecule has 5 nitrogen and oxygen atoms in total. The molecule has 0 amide bonds. The predicted molar refractivity (Wildman–Crippen MR) is 45.4 cm³/mol. The normalized spacial score (nSPS) is 16.5. The molecule has 0 saturated carbocycles. The minimum atomic E-state index is -3.52. The number of nitrogens with zero attached hydrogens (tertiary/aromatic N) is 1. The number of nitriles is 1. The molecule has 0 bridgehead atoms. The van der Waals surface area contributed by atoms with E-state index in [0.717, 1.165) is 0 Å². The molecule has 0 heterocycles. The van der Waals surface area contributed by atoms with Gasteiger partial charge in [-0.05, 0) is 13.3 Å². The molecule has 0 saturated heterocycles. The van der Waals surface area contributed by atoms with Crippen LogP contribution < -0.4 is 9.44 Å². The monoisotopic (exact) mass is 191 g/mol. The van der Waals surface area contributed by atoms with Gasteiger partial charge in [0.2, 0.25) is 0 Å². The zero-order valence-electron chi connectivity index (χ0n) is 7.38. The lowest BCUT2D eigenvalue weighted by atomic mass is 10.0. The van der Waals surface area contributed by atoms with Crippen LogP contribution in [0.25, 0.3) is 0 Å². The van der Waals surface area contributed by atoms with Crippen LogP contribution >= 0.6 is 0 Å². The van der Waals surface area contributed by atoms with Crippen LogP contribution in [0.2, 0.25) is 0 Å². The van der Waals surface area contributed by atoms with Crippen molar-refractivity contribution in [1.82, 2.24) is 9.44 Å². The van der Waals surface area contributed by atoms with Crippen molar-refractivity contribution in [3.8, 4) is 6.07 Å². The molecule has 6 heteroatoms. The van der Waals surface area contributed by atoms with Gasteiger partial charge in [-0.25, -0.2) is 4.72 Å². The van der Waals surface area contributed by atoms with Gasteiger partial charge in [-0.2, -0.15) is 18.4 Å².